The minimum Gasteiger partial charge on any atom is -0.292 e. The fourth-order valence-corrected chi connectivity index (χ4v) is 1.68. The van der Waals surface area contributed by atoms with Crippen molar-refractivity contribution in [3.63, 3.8) is 0 Å². The van der Waals surface area contributed by atoms with E-state index in [0.717, 1.165) is 24.8 Å². The summed E-state index contributed by atoms with van der Waals surface area (Å²) >= 11 is 0. The normalized spacial score (nSPS) is 11.5. The second-order valence-corrected chi connectivity index (χ2v) is 5.04. The highest BCUT2D eigenvalue weighted by atomic mass is 16.1. The van der Waals surface area contributed by atoms with Crippen LogP contribution in [0.15, 0.2) is 18.3 Å². The van der Waals surface area contributed by atoms with Crippen molar-refractivity contribution in [1.29, 1.82) is 0 Å². The van der Waals surface area contributed by atoms with Crippen molar-refractivity contribution >= 4 is 5.78 Å². The van der Waals surface area contributed by atoms with E-state index in [1.807, 2.05) is 32.9 Å². The highest BCUT2D eigenvalue weighted by molar-refractivity contribution is 5.98. The molecule has 1 aromatic heterocycles. The summed E-state index contributed by atoms with van der Waals surface area (Å²) in [4.78, 5) is 16.4. The first-order chi connectivity index (χ1) is 7.47. The molecule has 0 aliphatic rings. The fourth-order valence-electron chi connectivity index (χ4n) is 1.68. The third kappa shape index (κ3) is 3.16. The van der Waals surface area contributed by atoms with Crippen molar-refractivity contribution in [2.75, 3.05) is 0 Å². The van der Waals surface area contributed by atoms with Gasteiger partial charge >= 0.3 is 0 Å². The molecular weight excluding hydrogens is 198 g/mol. The molecule has 0 aliphatic carbocycles. The molecule has 1 rings (SSSR count). The summed E-state index contributed by atoms with van der Waals surface area (Å²) < 4.78 is 0. The summed E-state index contributed by atoms with van der Waals surface area (Å²) in [6, 6.07) is 3.77. The molecule has 1 heterocycles. The van der Waals surface area contributed by atoms with Crippen LogP contribution >= 0.6 is 0 Å². The molecule has 1 aromatic rings. The highest BCUT2D eigenvalue weighted by Gasteiger charge is 2.28. The highest BCUT2D eigenvalue weighted by Crippen LogP contribution is 2.27. The molecule has 0 saturated heterocycles. The van der Waals surface area contributed by atoms with Crippen LogP contribution in [-0.2, 0) is 0 Å². The van der Waals surface area contributed by atoms with E-state index in [1.54, 1.807) is 6.20 Å². The van der Waals surface area contributed by atoms with Gasteiger partial charge in [-0.05, 0) is 25.0 Å². The van der Waals surface area contributed by atoms with Gasteiger partial charge in [0.05, 0.1) is 0 Å². The summed E-state index contributed by atoms with van der Waals surface area (Å²) in [7, 11) is 0. The van der Waals surface area contributed by atoms with Crippen molar-refractivity contribution in [1.82, 2.24) is 4.98 Å². The zero-order chi connectivity index (χ0) is 12.2. The molecule has 0 N–H and O–H groups in total. The zero-order valence-electron chi connectivity index (χ0n) is 10.7. The number of carbonyl (C=O) groups is 1. The number of aromatic nitrogens is 1. The lowest BCUT2D eigenvalue weighted by Gasteiger charge is -2.22. The maximum Gasteiger partial charge on any atom is 0.186 e. The molecule has 0 spiro atoms. The monoisotopic (exact) mass is 219 g/mol. The second-order valence-electron chi connectivity index (χ2n) is 5.04. The Morgan fingerprint density at radius 1 is 1.38 bits per heavy atom. The third-order valence-corrected chi connectivity index (χ3v) is 2.91. The molecule has 0 aliphatic heterocycles. The number of hydrogen-bond donors (Lipinski definition) is 0. The predicted octanol–water partition coefficient (Wildman–Crippen LogP) is 3.79. The van der Waals surface area contributed by atoms with Gasteiger partial charge < -0.3 is 0 Å². The molecule has 88 valence electrons. The van der Waals surface area contributed by atoms with Crippen LogP contribution in [-0.4, -0.2) is 10.8 Å². The molecule has 0 unspecified atom stereocenters. The van der Waals surface area contributed by atoms with Gasteiger partial charge in [0.25, 0.3) is 0 Å². The van der Waals surface area contributed by atoms with Crippen molar-refractivity contribution in [2.24, 2.45) is 5.41 Å². The van der Waals surface area contributed by atoms with Crippen molar-refractivity contribution in [3.8, 4) is 0 Å². The van der Waals surface area contributed by atoms with Crippen LogP contribution in [0.25, 0.3) is 0 Å². The van der Waals surface area contributed by atoms with E-state index < -0.39 is 0 Å². The third-order valence-electron chi connectivity index (χ3n) is 2.91. The molecule has 0 bridgehead atoms. The van der Waals surface area contributed by atoms with Crippen LogP contribution in [0.4, 0.5) is 0 Å². The van der Waals surface area contributed by atoms with Gasteiger partial charge in [0.1, 0.15) is 5.69 Å². The van der Waals surface area contributed by atoms with Crippen LogP contribution in [0.5, 0.6) is 0 Å². The molecule has 0 fully saturated rings. The maximum absolute atomic E-state index is 12.2. The topological polar surface area (TPSA) is 30.0 Å². The lowest BCUT2D eigenvalue weighted by atomic mass is 9.81. The van der Waals surface area contributed by atoms with Crippen LogP contribution in [0.3, 0.4) is 0 Å². The first-order valence-corrected chi connectivity index (χ1v) is 5.95. The number of aryl methyl sites for hydroxylation is 1. The first-order valence-electron chi connectivity index (χ1n) is 5.95. The fraction of sp³-hybridized carbons (Fsp3) is 0.571. The van der Waals surface area contributed by atoms with E-state index in [1.165, 1.54) is 0 Å². The maximum atomic E-state index is 12.2. The van der Waals surface area contributed by atoms with Gasteiger partial charge in [0.15, 0.2) is 5.78 Å². The Morgan fingerprint density at radius 3 is 2.56 bits per heavy atom. The quantitative estimate of drug-likeness (QED) is 0.705. The number of rotatable bonds is 5. The lowest BCUT2D eigenvalue weighted by molar-refractivity contribution is 0.0818. The molecule has 0 aromatic carbocycles. The Labute approximate surface area is 98.1 Å². The van der Waals surface area contributed by atoms with Crippen LogP contribution in [0.1, 0.15) is 56.1 Å². The number of pyridine rings is 1. The summed E-state index contributed by atoms with van der Waals surface area (Å²) in [5.74, 6) is 0.154. The van der Waals surface area contributed by atoms with Gasteiger partial charge in [-0.25, -0.2) is 0 Å². The number of carbonyl (C=O) groups excluding carboxylic acids is 1. The molecule has 0 radical (unpaired) electrons. The van der Waals surface area contributed by atoms with Crippen LogP contribution in [0.2, 0.25) is 0 Å². The molecule has 0 atom stereocenters. The average Bonchev–Trinajstić information content (AvgIpc) is 2.26. The van der Waals surface area contributed by atoms with E-state index in [2.05, 4.69) is 11.9 Å². The van der Waals surface area contributed by atoms with Crippen molar-refractivity contribution < 1.29 is 4.79 Å². The van der Waals surface area contributed by atoms with Gasteiger partial charge in [-0.3, -0.25) is 9.78 Å². The lowest BCUT2D eigenvalue weighted by Crippen LogP contribution is -2.25. The summed E-state index contributed by atoms with van der Waals surface area (Å²) in [5, 5.41) is 0. The Morgan fingerprint density at radius 2 is 2.06 bits per heavy atom. The largest absolute Gasteiger partial charge is 0.292 e. The zero-order valence-corrected chi connectivity index (χ0v) is 10.7. The molecule has 16 heavy (non-hydrogen) atoms. The number of unbranched alkanes of at least 4 members (excludes halogenated alkanes) is 1. The average molecular weight is 219 g/mol. The van der Waals surface area contributed by atoms with E-state index in [4.69, 9.17) is 0 Å². The Bertz CT molecular complexity index is 352. The second kappa shape index (κ2) is 5.24. The van der Waals surface area contributed by atoms with Gasteiger partial charge in [-0.15, -0.1) is 0 Å². The van der Waals surface area contributed by atoms with Gasteiger partial charge in [0.2, 0.25) is 0 Å². The van der Waals surface area contributed by atoms with Crippen molar-refractivity contribution in [3.05, 3.63) is 29.6 Å². The van der Waals surface area contributed by atoms with E-state index in [0.29, 0.717) is 5.69 Å². The molecule has 0 amide bonds. The number of Topliss-reactive ketones (excluding diaryl/α,β-unsaturated/α-hetero) is 1. The van der Waals surface area contributed by atoms with E-state index in [9.17, 15) is 4.79 Å². The predicted molar refractivity (Wildman–Crippen MR) is 66.6 cm³/mol. The Hall–Kier alpha value is -1.18. The van der Waals surface area contributed by atoms with Crippen molar-refractivity contribution in [2.45, 2.75) is 47.0 Å². The molecule has 2 nitrogen and oxygen atoms in total. The Kier molecular flexibility index (Phi) is 4.22. The summed E-state index contributed by atoms with van der Waals surface area (Å²) in [6.07, 6.45) is 4.89. The minimum atomic E-state index is -0.293. The molecule has 0 saturated carbocycles. The van der Waals surface area contributed by atoms with Gasteiger partial charge in [-0.1, -0.05) is 39.7 Å². The molecular formula is C14H21NO. The SMILES string of the molecule is CCCCC(C)(C)C(=O)c1ccc(C)cn1. The first kappa shape index (κ1) is 12.9. The standard InChI is InChI=1S/C14H21NO/c1-5-6-9-14(3,4)13(16)12-8-7-11(2)10-15-12/h7-8,10H,5-6,9H2,1-4H3. The van der Waals surface area contributed by atoms with Gasteiger partial charge in [-0.2, -0.15) is 0 Å². The summed E-state index contributed by atoms with van der Waals surface area (Å²) in [6.45, 7) is 8.13. The molecule has 2 heteroatoms. The number of ketones is 1. The number of nitrogens with zero attached hydrogens (tertiary/aromatic N) is 1. The minimum absolute atomic E-state index is 0.154. The van der Waals surface area contributed by atoms with Crippen LogP contribution < -0.4 is 0 Å². The van der Waals surface area contributed by atoms with Gasteiger partial charge in [0, 0.05) is 11.6 Å². The number of hydrogen-bond acceptors (Lipinski definition) is 2. The summed E-state index contributed by atoms with van der Waals surface area (Å²) in [5.41, 5.74) is 1.38. The van der Waals surface area contributed by atoms with E-state index >= 15 is 0 Å². The van der Waals surface area contributed by atoms with Crippen LogP contribution in [0, 0.1) is 12.3 Å². The van der Waals surface area contributed by atoms with E-state index in [-0.39, 0.29) is 11.2 Å². The smallest absolute Gasteiger partial charge is 0.186 e. The Balaban J connectivity index is 2.80.